The minimum absolute atomic E-state index is 0.00756. The summed E-state index contributed by atoms with van der Waals surface area (Å²) in [6.07, 6.45) is 5.37. The van der Waals surface area contributed by atoms with Gasteiger partial charge in [-0.2, -0.15) is 5.10 Å². The lowest BCUT2D eigenvalue weighted by Crippen LogP contribution is -2.54. The van der Waals surface area contributed by atoms with Crippen LogP contribution in [0.1, 0.15) is 32.1 Å². The number of amides is 1. The second kappa shape index (κ2) is 4.76. The van der Waals surface area contributed by atoms with Crippen molar-refractivity contribution in [3.05, 3.63) is 12.4 Å². The van der Waals surface area contributed by atoms with Gasteiger partial charge in [-0.1, -0.05) is 0 Å². The van der Waals surface area contributed by atoms with E-state index in [1.807, 2.05) is 0 Å². The van der Waals surface area contributed by atoms with E-state index in [-0.39, 0.29) is 30.1 Å². The van der Waals surface area contributed by atoms with Crippen LogP contribution in [0, 0.1) is 11.3 Å². The Balaban J connectivity index is 1.43. The molecular formula is C14H20F2N4O. The van der Waals surface area contributed by atoms with E-state index in [0.29, 0.717) is 12.1 Å². The van der Waals surface area contributed by atoms with Crippen molar-refractivity contribution in [2.45, 2.75) is 44.1 Å². The van der Waals surface area contributed by atoms with Crippen molar-refractivity contribution in [2.75, 3.05) is 5.32 Å². The zero-order valence-corrected chi connectivity index (χ0v) is 12.0. The number of carbonyl (C=O) groups excluding carboxylic acids is 1. The summed E-state index contributed by atoms with van der Waals surface area (Å²) >= 11 is 0. The van der Waals surface area contributed by atoms with Gasteiger partial charge in [0.2, 0.25) is 11.8 Å². The predicted molar refractivity (Wildman–Crippen MR) is 73.8 cm³/mol. The molecule has 1 spiro atoms. The lowest BCUT2D eigenvalue weighted by Gasteiger charge is -2.57. The van der Waals surface area contributed by atoms with Crippen LogP contribution >= 0.6 is 0 Å². The third-order valence-electron chi connectivity index (χ3n) is 4.61. The summed E-state index contributed by atoms with van der Waals surface area (Å²) in [5.41, 5.74) is 6.35. The number of aryl methyl sites for hydroxylation is 1. The molecule has 2 saturated carbocycles. The zero-order chi connectivity index (χ0) is 15.3. The van der Waals surface area contributed by atoms with Gasteiger partial charge in [0, 0.05) is 26.1 Å². The maximum Gasteiger partial charge on any atom is 0.249 e. The molecule has 1 atom stereocenters. The largest absolute Gasteiger partial charge is 0.322 e. The van der Waals surface area contributed by atoms with Crippen LogP contribution in [-0.4, -0.2) is 27.7 Å². The summed E-state index contributed by atoms with van der Waals surface area (Å²) in [6.45, 7) is 0. The number of anilines is 1. The summed E-state index contributed by atoms with van der Waals surface area (Å²) < 4.78 is 27.4. The first kappa shape index (κ1) is 14.4. The highest BCUT2D eigenvalue weighted by molar-refractivity contribution is 5.94. The quantitative estimate of drug-likeness (QED) is 0.891. The first-order chi connectivity index (χ1) is 9.77. The number of nitrogens with one attached hydrogen (secondary N) is 1. The SMILES string of the molecule is Cn1cc(NC(=O)C(N)CC2CC3(C2)CC(F)(F)C3)cn1. The first-order valence-electron chi connectivity index (χ1n) is 7.20. The van der Waals surface area contributed by atoms with Crippen molar-refractivity contribution in [2.24, 2.45) is 24.1 Å². The molecule has 1 heterocycles. The van der Waals surface area contributed by atoms with Crippen LogP contribution in [0.25, 0.3) is 0 Å². The predicted octanol–water partition coefficient (Wildman–Crippen LogP) is 1.90. The van der Waals surface area contributed by atoms with Crippen LogP contribution in [-0.2, 0) is 11.8 Å². The Morgan fingerprint density at radius 3 is 2.76 bits per heavy atom. The standard InChI is InChI=1S/C14H20F2N4O/c1-20-6-10(5-18-20)19-12(21)11(17)2-9-3-13(4-9)7-14(15,16)8-13/h5-6,9,11H,2-4,7-8,17H2,1H3,(H,19,21). The maximum atomic E-state index is 12.9. The van der Waals surface area contributed by atoms with Crippen molar-refractivity contribution in [3.8, 4) is 0 Å². The highest BCUT2D eigenvalue weighted by atomic mass is 19.3. The Bertz CT molecular complexity index is 541. The Morgan fingerprint density at radius 1 is 1.57 bits per heavy atom. The van der Waals surface area contributed by atoms with Gasteiger partial charge in [0.25, 0.3) is 0 Å². The van der Waals surface area contributed by atoms with Crippen LogP contribution in [0.4, 0.5) is 14.5 Å². The van der Waals surface area contributed by atoms with Crippen molar-refractivity contribution < 1.29 is 13.6 Å². The summed E-state index contributed by atoms with van der Waals surface area (Å²) in [7, 11) is 1.76. The Morgan fingerprint density at radius 2 is 2.24 bits per heavy atom. The van der Waals surface area contributed by atoms with Crippen LogP contribution < -0.4 is 11.1 Å². The molecule has 116 valence electrons. The van der Waals surface area contributed by atoms with Gasteiger partial charge in [0.15, 0.2) is 0 Å². The van der Waals surface area contributed by atoms with Gasteiger partial charge in [-0.05, 0) is 30.6 Å². The summed E-state index contributed by atoms with van der Waals surface area (Å²) in [5.74, 6) is -2.43. The van der Waals surface area contributed by atoms with E-state index in [4.69, 9.17) is 5.73 Å². The summed E-state index contributed by atoms with van der Waals surface area (Å²) in [5, 5.41) is 6.67. The Kier molecular flexibility index (Phi) is 3.27. The first-order valence-corrected chi connectivity index (χ1v) is 7.20. The van der Waals surface area contributed by atoms with Gasteiger partial charge in [-0.25, -0.2) is 8.78 Å². The van der Waals surface area contributed by atoms with Gasteiger partial charge in [-0.3, -0.25) is 9.48 Å². The Hall–Kier alpha value is -1.50. The summed E-state index contributed by atoms with van der Waals surface area (Å²) in [6, 6.07) is -0.604. The van der Waals surface area contributed by atoms with Crippen molar-refractivity contribution in [3.63, 3.8) is 0 Å². The average molecular weight is 298 g/mol. The number of carbonyl (C=O) groups is 1. The minimum atomic E-state index is -2.47. The molecule has 3 N–H and O–H groups in total. The van der Waals surface area contributed by atoms with E-state index in [1.54, 1.807) is 24.1 Å². The molecule has 0 bridgehead atoms. The molecule has 5 nitrogen and oxygen atoms in total. The molecule has 0 radical (unpaired) electrons. The molecule has 2 aliphatic carbocycles. The van der Waals surface area contributed by atoms with Crippen LogP contribution in [0.3, 0.4) is 0 Å². The van der Waals surface area contributed by atoms with E-state index < -0.39 is 12.0 Å². The van der Waals surface area contributed by atoms with E-state index in [9.17, 15) is 13.6 Å². The van der Waals surface area contributed by atoms with Crippen LogP contribution in [0.5, 0.6) is 0 Å². The van der Waals surface area contributed by atoms with Crippen LogP contribution in [0.15, 0.2) is 12.4 Å². The Labute approximate surface area is 121 Å². The fraction of sp³-hybridized carbons (Fsp3) is 0.714. The molecule has 21 heavy (non-hydrogen) atoms. The molecule has 0 aromatic carbocycles. The number of nitrogens with zero attached hydrogens (tertiary/aromatic N) is 2. The highest BCUT2D eigenvalue weighted by Crippen LogP contribution is 2.65. The number of nitrogens with two attached hydrogens (primary N) is 1. The molecule has 2 fully saturated rings. The number of hydrogen-bond donors (Lipinski definition) is 2. The van der Waals surface area contributed by atoms with E-state index >= 15 is 0 Å². The molecule has 0 saturated heterocycles. The fourth-order valence-corrected chi connectivity index (χ4v) is 3.85. The van der Waals surface area contributed by atoms with Gasteiger partial charge >= 0.3 is 0 Å². The average Bonchev–Trinajstić information content (AvgIpc) is 2.69. The monoisotopic (exact) mass is 298 g/mol. The van der Waals surface area contributed by atoms with Crippen molar-refractivity contribution in [1.82, 2.24) is 9.78 Å². The number of aromatic nitrogens is 2. The van der Waals surface area contributed by atoms with E-state index in [1.165, 1.54) is 0 Å². The minimum Gasteiger partial charge on any atom is -0.322 e. The third kappa shape index (κ3) is 2.92. The van der Waals surface area contributed by atoms with E-state index in [0.717, 1.165) is 12.8 Å². The lowest BCUT2D eigenvalue weighted by atomic mass is 9.49. The van der Waals surface area contributed by atoms with Gasteiger partial charge in [-0.15, -0.1) is 0 Å². The molecule has 2 aliphatic rings. The van der Waals surface area contributed by atoms with Gasteiger partial charge in [0.05, 0.1) is 17.9 Å². The zero-order valence-electron chi connectivity index (χ0n) is 12.0. The number of rotatable bonds is 4. The molecule has 1 aromatic rings. The second-order valence-electron chi connectivity index (χ2n) is 6.72. The van der Waals surface area contributed by atoms with Crippen molar-refractivity contribution in [1.29, 1.82) is 0 Å². The third-order valence-corrected chi connectivity index (χ3v) is 4.61. The molecule has 1 unspecified atom stereocenters. The molecule has 1 aromatic heterocycles. The highest BCUT2D eigenvalue weighted by Gasteiger charge is 2.61. The van der Waals surface area contributed by atoms with Gasteiger partial charge < -0.3 is 11.1 Å². The molecule has 7 heteroatoms. The molecule has 0 aliphatic heterocycles. The number of hydrogen-bond acceptors (Lipinski definition) is 3. The normalized spacial score (nSPS) is 24.2. The number of halogens is 2. The smallest absolute Gasteiger partial charge is 0.249 e. The van der Waals surface area contributed by atoms with Crippen LogP contribution in [0.2, 0.25) is 0 Å². The van der Waals surface area contributed by atoms with Gasteiger partial charge in [0.1, 0.15) is 0 Å². The molecule has 1 amide bonds. The number of alkyl halides is 2. The van der Waals surface area contributed by atoms with Crippen molar-refractivity contribution >= 4 is 11.6 Å². The second-order valence-corrected chi connectivity index (χ2v) is 6.72. The molecule has 3 rings (SSSR count). The lowest BCUT2D eigenvalue weighted by molar-refractivity contribution is -0.207. The fourth-order valence-electron chi connectivity index (χ4n) is 3.85. The molecular weight excluding hydrogens is 278 g/mol. The summed E-state index contributed by atoms with van der Waals surface area (Å²) in [4.78, 5) is 12.0. The maximum absolute atomic E-state index is 12.9. The topological polar surface area (TPSA) is 72.9 Å². The van der Waals surface area contributed by atoms with E-state index in [2.05, 4.69) is 10.4 Å².